The Hall–Kier alpha value is -1.18. The summed E-state index contributed by atoms with van der Waals surface area (Å²) in [6, 6.07) is 2.85. The molecular weight excluding hydrogens is 249 g/mol. The Labute approximate surface area is 99.2 Å². The summed E-state index contributed by atoms with van der Waals surface area (Å²) in [5, 5.41) is 0. The zero-order valence-corrected chi connectivity index (χ0v) is 10.4. The van der Waals surface area contributed by atoms with Crippen molar-refractivity contribution in [3.8, 4) is 5.75 Å². The predicted octanol–water partition coefficient (Wildman–Crippen LogP) is 0.671. The molecule has 0 saturated carbocycles. The molecule has 1 aromatic rings. The van der Waals surface area contributed by atoms with Crippen LogP contribution in [0.25, 0.3) is 0 Å². The molecular formula is C10H14FNO4S. The molecule has 0 aliphatic rings. The normalized spacial score (nSPS) is 11.5. The molecule has 0 amide bonds. The van der Waals surface area contributed by atoms with E-state index in [1.54, 1.807) is 0 Å². The molecule has 7 heteroatoms. The lowest BCUT2D eigenvalue weighted by Gasteiger charge is -2.11. The van der Waals surface area contributed by atoms with Gasteiger partial charge in [-0.2, -0.15) is 0 Å². The third-order valence-corrected chi connectivity index (χ3v) is 3.34. The number of hydrogen-bond donors (Lipinski definition) is 1. The number of benzene rings is 1. The average molecular weight is 263 g/mol. The fourth-order valence-electron chi connectivity index (χ4n) is 1.45. The topological polar surface area (TPSA) is 78.6 Å². The van der Waals surface area contributed by atoms with Crippen molar-refractivity contribution in [2.24, 2.45) is 5.90 Å². The van der Waals surface area contributed by atoms with Gasteiger partial charge in [-0.1, -0.05) is 6.07 Å². The molecule has 0 heterocycles. The van der Waals surface area contributed by atoms with Gasteiger partial charge < -0.3 is 9.57 Å². The van der Waals surface area contributed by atoms with E-state index in [-0.39, 0.29) is 24.3 Å². The lowest BCUT2D eigenvalue weighted by Crippen LogP contribution is -2.09. The van der Waals surface area contributed by atoms with E-state index in [9.17, 15) is 12.8 Å². The van der Waals surface area contributed by atoms with Crippen LogP contribution in [0.15, 0.2) is 17.0 Å². The van der Waals surface area contributed by atoms with Gasteiger partial charge in [0.15, 0.2) is 9.84 Å². The Morgan fingerprint density at radius 3 is 2.53 bits per heavy atom. The summed E-state index contributed by atoms with van der Waals surface area (Å²) in [7, 11) is -2.41. The molecule has 96 valence electrons. The van der Waals surface area contributed by atoms with E-state index in [0.717, 1.165) is 6.26 Å². The Balaban J connectivity index is 3.33. The van der Waals surface area contributed by atoms with Gasteiger partial charge in [-0.05, 0) is 11.6 Å². The monoisotopic (exact) mass is 263 g/mol. The summed E-state index contributed by atoms with van der Waals surface area (Å²) in [6.07, 6.45) is 1.12. The van der Waals surface area contributed by atoms with Gasteiger partial charge in [0.2, 0.25) is 0 Å². The van der Waals surface area contributed by atoms with Gasteiger partial charge in [0, 0.05) is 12.7 Å². The molecule has 0 spiro atoms. The second-order valence-corrected chi connectivity index (χ2v) is 5.42. The molecule has 17 heavy (non-hydrogen) atoms. The highest BCUT2D eigenvalue weighted by atomic mass is 32.2. The van der Waals surface area contributed by atoms with Gasteiger partial charge in [0.25, 0.3) is 0 Å². The molecule has 0 aliphatic heterocycles. The van der Waals surface area contributed by atoms with Crippen molar-refractivity contribution in [1.82, 2.24) is 0 Å². The fraction of sp³-hybridized carbons (Fsp3) is 0.400. The van der Waals surface area contributed by atoms with Crippen molar-refractivity contribution in [1.29, 1.82) is 0 Å². The molecule has 0 radical (unpaired) electrons. The highest BCUT2D eigenvalue weighted by Gasteiger charge is 2.22. The van der Waals surface area contributed by atoms with Crippen LogP contribution in [0.1, 0.15) is 5.56 Å². The van der Waals surface area contributed by atoms with E-state index in [1.165, 1.54) is 19.2 Å². The molecule has 0 aromatic heterocycles. The van der Waals surface area contributed by atoms with Crippen LogP contribution < -0.4 is 10.6 Å². The van der Waals surface area contributed by atoms with Crippen LogP contribution in [0, 0.1) is 5.82 Å². The van der Waals surface area contributed by atoms with Gasteiger partial charge in [0.05, 0.1) is 13.7 Å². The third-order valence-electron chi connectivity index (χ3n) is 2.22. The average Bonchev–Trinajstić information content (AvgIpc) is 2.25. The first-order valence-corrected chi connectivity index (χ1v) is 6.68. The van der Waals surface area contributed by atoms with Crippen LogP contribution >= 0.6 is 0 Å². The van der Waals surface area contributed by atoms with Crippen molar-refractivity contribution in [3.05, 3.63) is 23.5 Å². The number of halogens is 1. The Bertz CT molecular complexity index is 501. The first-order chi connectivity index (χ1) is 7.91. The van der Waals surface area contributed by atoms with Gasteiger partial charge in [-0.25, -0.2) is 18.7 Å². The minimum Gasteiger partial charge on any atom is -0.495 e. The lowest BCUT2D eigenvalue weighted by molar-refractivity contribution is 0.140. The van der Waals surface area contributed by atoms with Crippen molar-refractivity contribution in [3.63, 3.8) is 0 Å². The van der Waals surface area contributed by atoms with Crippen LogP contribution in [0.4, 0.5) is 4.39 Å². The smallest absolute Gasteiger partial charge is 0.182 e. The number of ether oxygens (including phenoxy) is 1. The van der Waals surface area contributed by atoms with Crippen LogP contribution in [0.3, 0.4) is 0 Å². The zero-order valence-electron chi connectivity index (χ0n) is 9.57. The SMILES string of the molecule is COc1ccc(CCON)c(F)c1S(C)(=O)=O. The second-order valence-electron chi connectivity index (χ2n) is 3.46. The van der Waals surface area contributed by atoms with Gasteiger partial charge in [-0.15, -0.1) is 0 Å². The maximum absolute atomic E-state index is 14.0. The zero-order chi connectivity index (χ0) is 13.1. The summed E-state index contributed by atoms with van der Waals surface area (Å²) in [5.41, 5.74) is 0.219. The van der Waals surface area contributed by atoms with Gasteiger partial charge >= 0.3 is 0 Å². The first-order valence-electron chi connectivity index (χ1n) is 4.79. The van der Waals surface area contributed by atoms with Crippen LogP contribution in [0.5, 0.6) is 5.75 Å². The Morgan fingerprint density at radius 1 is 1.41 bits per heavy atom. The molecule has 0 atom stereocenters. The standard InChI is InChI=1S/C10H14FNO4S/c1-15-8-4-3-7(5-6-16-12)9(11)10(8)17(2,13)14/h3-4H,5-6,12H2,1-2H3. The molecule has 1 rings (SSSR count). The summed E-state index contributed by atoms with van der Waals surface area (Å²) in [6.45, 7) is 0.104. The second kappa shape index (κ2) is 5.44. The number of sulfone groups is 1. The predicted molar refractivity (Wildman–Crippen MR) is 59.9 cm³/mol. The van der Waals surface area contributed by atoms with E-state index in [0.29, 0.717) is 0 Å². The molecule has 1 aromatic carbocycles. The van der Waals surface area contributed by atoms with Gasteiger partial charge in [0.1, 0.15) is 16.5 Å². The Kier molecular flexibility index (Phi) is 4.44. The lowest BCUT2D eigenvalue weighted by atomic mass is 10.1. The number of rotatable bonds is 5. The fourth-order valence-corrected chi connectivity index (χ4v) is 2.42. The number of hydrogen-bond acceptors (Lipinski definition) is 5. The van der Waals surface area contributed by atoms with E-state index in [2.05, 4.69) is 4.84 Å². The summed E-state index contributed by atoms with van der Waals surface area (Å²) >= 11 is 0. The van der Waals surface area contributed by atoms with Crippen molar-refractivity contribution >= 4 is 9.84 Å². The molecule has 5 nitrogen and oxygen atoms in total. The van der Waals surface area contributed by atoms with Crippen LogP contribution in [-0.2, 0) is 21.1 Å². The highest BCUT2D eigenvalue weighted by molar-refractivity contribution is 7.90. The summed E-state index contributed by atoms with van der Waals surface area (Å²) < 4.78 is 41.8. The van der Waals surface area contributed by atoms with E-state index >= 15 is 0 Å². The molecule has 2 N–H and O–H groups in total. The first kappa shape index (κ1) is 13.9. The number of methoxy groups -OCH3 is 1. The molecule has 0 unspecified atom stereocenters. The quantitative estimate of drug-likeness (QED) is 0.790. The minimum absolute atomic E-state index is 0.0117. The summed E-state index contributed by atoms with van der Waals surface area (Å²) in [4.78, 5) is 3.90. The van der Waals surface area contributed by atoms with E-state index in [4.69, 9.17) is 10.6 Å². The van der Waals surface area contributed by atoms with Crippen molar-refractivity contribution in [2.75, 3.05) is 20.0 Å². The largest absolute Gasteiger partial charge is 0.495 e. The number of nitrogens with two attached hydrogens (primary N) is 1. The van der Waals surface area contributed by atoms with Crippen LogP contribution in [0.2, 0.25) is 0 Å². The van der Waals surface area contributed by atoms with E-state index < -0.39 is 20.5 Å². The van der Waals surface area contributed by atoms with Crippen molar-refractivity contribution < 1.29 is 22.4 Å². The summed E-state index contributed by atoms with van der Waals surface area (Å²) in [5.74, 6) is 4.01. The maximum atomic E-state index is 14.0. The highest BCUT2D eigenvalue weighted by Crippen LogP contribution is 2.29. The van der Waals surface area contributed by atoms with E-state index in [1.807, 2.05) is 0 Å². The molecule has 0 bridgehead atoms. The Morgan fingerprint density at radius 2 is 2.06 bits per heavy atom. The molecule has 0 saturated heterocycles. The van der Waals surface area contributed by atoms with Crippen LogP contribution in [-0.4, -0.2) is 28.4 Å². The minimum atomic E-state index is -3.70. The maximum Gasteiger partial charge on any atom is 0.182 e. The third kappa shape index (κ3) is 3.15. The molecule has 0 fully saturated rings. The van der Waals surface area contributed by atoms with Crippen molar-refractivity contribution in [2.45, 2.75) is 11.3 Å². The van der Waals surface area contributed by atoms with Gasteiger partial charge in [-0.3, -0.25) is 0 Å². The molecule has 0 aliphatic carbocycles.